The highest BCUT2D eigenvalue weighted by Gasteiger charge is 2.28. The fourth-order valence-corrected chi connectivity index (χ4v) is 11.3. The number of halogens is 2. The molecule has 6 aromatic rings. The molecule has 0 bridgehead atoms. The van der Waals surface area contributed by atoms with E-state index in [1.54, 1.807) is 32.3 Å². The zero-order valence-electron chi connectivity index (χ0n) is 59.3. The van der Waals surface area contributed by atoms with E-state index >= 15 is 0 Å². The van der Waals surface area contributed by atoms with Gasteiger partial charge in [0.1, 0.15) is 68.5 Å². The standard InChI is InChI=1S/C13H30P.C8H12N.5C5H9N2.C4H11O4P.C2H7O4P.C2H6O4S.C2H4O2.CH4O4S.CH4.2ClH/c1-5-8-11-14(4,12-9-6-2)13-10-7-3;1-3-9-6-4-5-8(2)7-9;5*1-6-3-4-7(2)5-6;1-3-7-9(5,6)8-4-2;1-5-7(3,4)6-2;1-2-6-7(3,4)5;1-2(3)4;1-5-6(2,3)4;;;/h5-13H2,1-4H3;4-7H,3H2,1-2H3;5*3-5H,1-2H3;3-4H2,1-2H3,(H,5,6);1-2H3,(H,3,4);2H2,1H3,(H,3,4,5);1H3,(H,3,4);1H3,(H,2,3,4);1H4;2*1H/q7*+1;;;;;;;;/p-7. The number of unbranched alkanes of at least 4 members (excludes halogenated alkanes) is 3. The van der Waals surface area contributed by atoms with Gasteiger partial charge in [0, 0.05) is 45.7 Å². The van der Waals surface area contributed by atoms with Gasteiger partial charge in [-0.05, 0) is 66.9 Å². The van der Waals surface area contributed by atoms with Gasteiger partial charge < -0.3 is 71.7 Å². The lowest BCUT2D eigenvalue weighted by molar-refractivity contribution is -0.693. The van der Waals surface area contributed by atoms with Crippen LogP contribution in [0.4, 0.5) is 0 Å². The van der Waals surface area contributed by atoms with Crippen molar-refractivity contribution in [3.8, 4) is 0 Å². The minimum absolute atomic E-state index is 0. The van der Waals surface area contributed by atoms with Crippen molar-refractivity contribution in [3.05, 3.63) is 124 Å². The number of pyridine rings is 1. The molecule has 554 valence electrons. The quantitative estimate of drug-likeness (QED) is 0.0361. The van der Waals surface area contributed by atoms with Gasteiger partial charge in [-0.25, -0.2) is 67.1 Å². The molecule has 0 saturated carbocycles. The molecule has 0 radical (unpaired) electrons. The van der Waals surface area contributed by atoms with Crippen LogP contribution in [0.2, 0.25) is 0 Å². The van der Waals surface area contributed by atoms with Gasteiger partial charge in [0.05, 0.1) is 116 Å². The first-order valence-electron chi connectivity index (χ1n) is 29.0. The summed E-state index contributed by atoms with van der Waals surface area (Å²) >= 11 is 0. The molecule has 0 aromatic carbocycles. The van der Waals surface area contributed by atoms with Gasteiger partial charge in [0.2, 0.25) is 52.4 Å². The predicted molar refractivity (Wildman–Crippen MR) is 350 cm³/mol. The Morgan fingerprint density at radius 3 is 0.915 bits per heavy atom. The third kappa shape index (κ3) is 83.7. The van der Waals surface area contributed by atoms with E-state index in [0.29, 0.717) is 0 Å². The molecule has 0 saturated heterocycles. The topological polar surface area (TPSA) is 338 Å². The van der Waals surface area contributed by atoms with E-state index in [2.05, 4.69) is 96.8 Å². The maximum absolute atomic E-state index is 10.4. The Morgan fingerprint density at radius 1 is 0.543 bits per heavy atom. The number of aryl methyl sites for hydroxylation is 12. The van der Waals surface area contributed by atoms with E-state index in [1.165, 1.54) is 51.0 Å². The highest BCUT2D eigenvalue weighted by atomic mass is 35.5. The van der Waals surface area contributed by atoms with Crippen molar-refractivity contribution in [1.29, 1.82) is 0 Å². The van der Waals surface area contributed by atoms with Crippen LogP contribution in [0.5, 0.6) is 0 Å². The number of hydrogen-bond donors (Lipinski definition) is 0. The predicted octanol–water partition coefficient (Wildman–Crippen LogP) is -2.16. The fraction of sp³-hybridized carbons (Fsp3) is 0.638. The molecule has 6 rings (SSSR count). The van der Waals surface area contributed by atoms with Gasteiger partial charge in [-0.3, -0.25) is 17.5 Å². The van der Waals surface area contributed by atoms with Crippen molar-refractivity contribution in [2.45, 2.75) is 115 Å². The molecule has 36 heteroatoms. The van der Waals surface area contributed by atoms with E-state index in [-0.39, 0.29) is 52.1 Å². The lowest BCUT2D eigenvalue weighted by atomic mass is 10.3. The van der Waals surface area contributed by atoms with Crippen molar-refractivity contribution in [2.24, 2.45) is 70.5 Å². The van der Waals surface area contributed by atoms with Crippen molar-refractivity contribution < 1.29 is 133 Å². The highest BCUT2D eigenvalue weighted by molar-refractivity contribution is 7.81. The molecule has 29 nitrogen and oxygen atoms in total. The summed E-state index contributed by atoms with van der Waals surface area (Å²) in [6.45, 7) is 20.6. The molecule has 0 aliphatic heterocycles. The highest BCUT2D eigenvalue weighted by Crippen LogP contribution is 2.57. The van der Waals surface area contributed by atoms with Gasteiger partial charge >= 0.3 is 0 Å². The number of phosphoric acid groups is 2. The van der Waals surface area contributed by atoms with Crippen molar-refractivity contribution in [3.63, 3.8) is 0 Å². The summed E-state index contributed by atoms with van der Waals surface area (Å²) < 4.78 is 122. The second-order valence-electron chi connectivity index (χ2n) is 19.8. The van der Waals surface area contributed by atoms with Gasteiger partial charge in [-0.2, -0.15) is 0 Å². The molecule has 0 spiro atoms. The van der Waals surface area contributed by atoms with Crippen LogP contribution in [0.3, 0.4) is 0 Å². The summed E-state index contributed by atoms with van der Waals surface area (Å²) in [6.07, 6.45) is 47.5. The zero-order valence-corrected chi connectivity index (χ0v) is 65.2. The fourth-order valence-electron chi connectivity index (χ4n) is 6.25. The number of aromatic nitrogens is 11. The molecule has 6 aromatic heterocycles. The number of carboxylic acid groups (broad SMARTS) is 1. The summed E-state index contributed by atoms with van der Waals surface area (Å²) in [5.74, 6) is -1.08. The third-order valence-electron chi connectivity index (χ3n) is 10.5. The van der Waals surface area contributed by atoms with E-state index in [1.807, 2.05) is 210 Å². The van der Waals surface area contributed by atoms with Crippen LogP contribution in [-0.4, -0.2) is 121 Å². The van der Waals surface area contributed by atoms with Gasteiger partial charge in [-0.15, -0.1) is 0 Å². The van der Waals surface area contributed by atoms with E-state index < -0.39 is 49.7 Å². The molecular formula is C58H118Cl2N11O18P3S2. The monoisotopic (exact) mass is 1480 g/mol. The average Bonchev–Trinajstić information content (AvgIpc) is 1.74. The maximum Gasteiger partial charge on any atom is 0.267 e. The minimum Gasteiger partial charge on any atom is -1.00 e. The Labute approximate surface area is 578 Å². The molecule has 0 unspecified atom stereocenters. The van der Waals surface area contributed by atoms with Crippen LogP contribution >= 0.6 is 22.9 Å². The SMILES string of the molecule is C.CC(=O)[O-].CCCC[P+](C)(CCCC)CCCC.CCOP(=O)([O-])OCC.CCOS(=O)(=O)[O-].CC[n+]1cccc(C)c1.COP(=O)([O-])OC.COS(=O)(=O)[O-].Cn1cc[n+](C)c1.Cn1cc[n+](C)c1.Cn1cc[n+](C)c1.Cn1cc[n+](C)c1.Cn1cc[n+](C)c1.[Cl-].[Cl-]. The molecule has 6 heterocycles. The first-order valence-corrected chi connectivity index (χ1v) is 37.4. The number of hydrogen-bond acceptors (Lipinski definition) is 18. The summed E-state index contributed by atoms with van der Waals surface area (Å²) in [4.78, 5) is 29.3. The molecule has 0 N–H and O–H groups in total. The molecular weight excluding hydrogens is 1370 g/mol. The number of phosphoric ester groups is 2. The molecule has 94 heavy (non-hydrogen) atoms. The zero-order chi connectivity index (χ0) is 71.9. The molecule has 0 aliphatic carbocycles. The average molecular weight is 1490 g/mol. The summed E-state index contributed by atoms with van der Waals surface area (Å²) in [5.41, 5.74) is 1.32. The Hall–Kier alpha value is -4.36. The number of rotatable bonds is 19. The Morgan fingerprint density at radius 2 is 0.809 bits per heavy atom. The first kappa shape index (κ1) is 108. The van der Waals surface area contributed by atoms with Crippen LogP contribution in [0, 0.1) is 6.92 Å². The van der Waals surface area contributed by atoms with Gasteiger partial charge in [0.15, 0.2) is 12.4 Å². The summed E-state index contributed by atoms with van der Waals surface area (Å²) in [7, 11) is 5.68. The Bertz CT molecular complexity index is 2680. The van der Waals surface area contributed by atoms with Crippen LogP contribution in [0.25, 0.3) is 0 Å². The van der Waals surface area contributed by atoms with E-state index in [9.17, 15) is 44.9 Å². The van der Waals surface area contributed by atoms with Crippen LogP contribution in [0.15, 0.2) is 118 Å². The van der Waals surface area contributed by atoms with Crippen LogP contribution < -0.4 is 67.1 Å². The summed E-state index contributed by atoms with van der Waals surface area (Å²) in [5, 5.41) is 8.89. The first-order chi connectivity index (χ1) is 42.0. The minimum atomic E-state index is -4.42. The number of nitrogens with zero attached hydrogens (tertiary/aromatic N) is 11. The normalized spacial score (nSPS) is 10.1. The Kier molecular flexibility index (Phi) is 74.5. The number of carboxylic acids is 1. The van der Waals surface area contributed by atoms with Crippen molar-refractivity contribution >= 4 is 49.7 Å². The number of carbonyl (C=O) groups excluding carboxylic acids is 1. The van der Waals surface area contributed by atoms with E-state index in [4.69, 9.17) is 9.90 Å². The van der Waals surface area contributed by atoms with Crippen molar-refractivity contribution in [2.75, 3.05) is 66.3 Å². The number of carbonyl (C=O) groups is 1. The molecule has 0 atom stereocenters. The maximum atomic E-state index is 10.4. The molecule has 0 aliphatic rings. The number of imidazole rings is 5. The lowest BCUT2D eigenvalue weighted by Gasteiger charge is -2.22. The summed E-state index contributed by atoms with van der Waals surface area (Å²) in [6, 6.07) is 4.17. The van der Waals surface area contributed by atoms with Gasteiger partial charge in [0.25, 0.3) is 15.6 Å². The second-order valence-corrected chi connectivity index (χ2v) is 29.6. The van der Waals surface area contributed by atoms with E-state index in [0.717, 1.165) is 34.8 Å². The largest absolute Gasteiger partial charge is 1.00 e. The molecule has 0 fully saturated rings. The van der Waals surface area contributed by atoms with Gasteiger partial charge in [-0.1, -0.05) is 47.5 Å². The second kappa shape index (κ2) is 64.6. The van der Waals surface area contributed by atoms with Crippen molar-refractivity contribution in [1.82, 2.24) is 22.8 Å². The smallest absolute Gasteiger partial charge is 0.267 e. The Balaban J connectivity index is -0.000000121. The van der Waals surface area contributed by atoms with Crippen LogP contribution in [0.1, 0.15) is 107 Å². The van der Waals surface area contributed by atoms with Crippen LogP contribution in [-0.2, 0) is 138 Å². The third-order valence-corrected chi connectivity index (χ3v) is 17.7. The number of aliphatic carboxylic acids is 1. The molecule has 0 amide bonds. The lowest BCUT2D eigenvalue weighted by Crippen LogP contribution is -3.00.